The van der Waals surface area contributed by atoms with Gasteiger partial charge in [0.1, 0.15) is 11.2 Å². The molecule has 1 aromatic heterocycles. The average molecular weight is 411 g/mol. The number of nitrogens with zero attached hydrogens (tertiary/aromatic N) is 6. The Labute approximate surface area is 171 Å². The molecule has 0 unspecified atom stereocenters. The molecule has 0 spiro atoms. The second-order valence-electron chi connectivity index (χ2n) is 7.69. The maximum absolute atomic E-state index is 11.3. The maximum Gasteiger partial charge on any atom is 0.301 e. The van der Waals surface area contributed by atoms with Crippen molar-refractivity contribution in [3.8, 4) is 0 Å². The highest BCUT2D eigenvalue weighted by atomic mass is 16.6. The van der Waals surface area contributed by atoms with Gasteiger partial charge < -0.3 is 0 Å². The topological polar surface area (TPSA) is 141 Å². The molecular formula is C19H21N7O4. The quantitative estimate of drug-likeness (QED) is 0.349. The van der Waals surface area contributed by atoms with Crippen LogP contribution >= 0.6 is 0 Å². The van der Waals surface area contributed by atoms with Gasteiger partial charge in [0.05, 0.1) is 21.4 Å². The highest BCUT2D eigenvalue weighted by molar-refractivity contribution is 5.90. The number of para-hydroxylation sites is 1. The summed E-state index contributed by atoms with van der Waals surface area (Å²) in [5, 5.41) is 34.9. The molecule has 3 rings (SSSR count). The van der Waals surface area contributed by atoms with E-state index in [4.69, 9.17) is 0 Å². The highest BCUT2D eigenvalue weighted by Gasteiger charge is 2.22. The second-order valence-corrected chi connectivity index (χ2v) is 7.69. The van der Waals surface area contributed by atoms with E-state index < -0.39 is 15.5 Å². The van der Waals surface area contributed by atoms with E-state index >= 15 is 0 Å². The summed E-state index contributed by atoms with van der Waals surface area (Å²) in [6, 6.07) is 11.0. The van der Waals surface area contributed by atoms with Gasteiger partial charge in [-0.1, -0.05) is 38.1 Å². The summed E-state index contributed by atoms with van der Waals surface area (Å²) in [7, 11) is 0. The van der Waals surface area contributed by atoms with Crippen LogP contribution in [0.15, 0.2) is 47.6 Å². The standard InChI is InChI=1S/C19H21N7O4/c1-19(2,3)18(10-11-24-16-7-5-4-6-14(16)21-23-24)22-20-15-9-8-13(25(27)28)12-17(15)26(29)30/h4-9,12,20H,10-11H2,1-3H3/b22-18+. The van der Waals surface area contributed by atoms with Crippen LogP contribution in [0.1, 0.15) is 27.2 Å². The van der Waals surface area contributed by atoms with E-state index in [-0.39, 0.29) is 16.8 Å². The van der Waals surface area contributed by atoms with Crippen molar-refractivity contribution in [2.24, 2.45) is 10.5 Å². The highest BCUT2D eigenvalue weighted by Crippen LogP contribution is 2.29. The number of anilines is 1. The fourth-order valence-electron chi connectivity index (χ4n) is 2.90. The molecule has 30 heavy (non-hydrogen) atoms. The average Bonchev–Trinajstić information content (AvgIpc) is 3.10. The molecule has 0 aliphatic carbocycles. The molecule has 3 aromatic rings. The van der Waals surface area contributed by atoms with Gasteiger partial charge in [-0.25, -0.2) is 4.68 Å². The predicted molar refractivity (Wildman–Crippen MR) is 112 cm³/mol. The molecular weight excluding hydrogens is 390 g/mol. The summed E-state index contributed by atoms with van der Waals surface area (Å²) >= 11 is 0. The molecule has 2 aromatic carbocycles. The molecule has 0 saturated carbocycles. The van der Waals surface area contributed by atoms with Crippen molar-refractivity contribution in [2.75, 3.05) is 5.43 Å². The van der Waals surface area contributed by atoms with E-state index in [1.54, 1.807) is 4.68 Å². The number of hydrogen-bond acceptors (Lipinski definition) is 8. The van der Waals surface area contributed by atoms with E-state index in [1.807, 2.05) is 45.0 Å². The minimum Gasteiger partial charge on any atom is -0.272 e. The smallest absolute Gasteiger partial charge is 0.272 e. The van der Waals surface area contributed by atoms with E-state index in [0.29, 0.717) is 13.0 Å². The molecule has 0 atom stereocenters. The van der Waals surface area contributed by atoms with Gasteiger partial charge in [-0.05, 0) is 18.2 Å². The molecule has 0 bridgehead atoms. The first-order valence-electron chi connectivity index (χ1n) is 9.21. The summed E-state index contributed by atoms with van der Waals surface area (Å²) in [6.07, 6.45) is 0.532. The molecule has 0 saturated heterocycles. The SMILES string of the molecule is CC(C)(C)/C(CCn1nnc2ccccc21)=N/Nc1ccc([N+](=O)[O-])cc1[N+](=O)[O-]. The number of fused-ring (bicyclic) bond motifs is 1. The Balaban J connectivity index is 1.84. The third-order valence-corrected chi connectivity index (χ3v) is 4.55. The van der Waals surface area contributed by atoms with Gasteiger partial charge in [0.25, 0.3) is 5.69 Å². The van der Waals surface area contributed by atoms with Crippen molar-refractivity contribution in [3.63, 3.8) is 0 Å². The number of aryl methyl sites for hydroxylation is 1. The van der Waals surface area contributed by atoms with E-state index in [1.165, 1.54) is 12.1 Å². The lowest BCUT2D eigenvalue weighted by molar-refractivity contribution is -0.393. The van der Waals surface area contributed by atoms with E-state index in [9.17, 15) is 20.2 Å². The largest absolute Gasteiger partial charge is 0.301 e. The Morgan fingerprint density at radius 2 is 1.87 bits per heavy atom. The van der Waals surface area contributed by atoms with E-state index in [2.05, 4.69) is 20.8 Å². The zero-order valence-corrected chi connectivity index (χ0v) is 16.8. The number of nitrogens with one attached hydrogen (secondary N) is 1. The summed E-state index contributed by atoms with van der Waals surface area (Å²) < 4.78 is 1.78. The number of rotatable bonds is 7. The normalized spacial score (nSPS) is 12.2. The second kappa shape index (κ2) is 8.23. The first kappa shape index (κ1) is 20.8. The lowest BCUT2D eigenvalue weighted by Gasteiger charge is -2.21. The van der Waals surface area contributed by atoms with Gasteiger partial charge in [-0.3, -0.25) is 25.7 Å². The number of aromatic nitrogens is 3. The lowest BCUT2D eigenvalue weighted by Crippen LogP contribution is -2.23. The van der Waals surface area contributed by atoms with Gasteiger partial charge in [0, 0.05) is 30.2 Å². The summed E-state index contributed by atoms with van der Waals surface area (Å²) in [4.78, 5) is 20.9. The van der Waals surface area contributed by atoms with Crippen molar-refractivity contribution < 1.29 is 9.85 Å². The van der Waals surface area contributed by atoms with Crippen LogP contribution in [0.25, 0.3) is 11.0 Å². The summed E-state index contributed by atoms with van der Waals surface area (Å²) in [5.41, 5.74) is 4.17. The number of nitro benzene ring substituents is 2. The number of benzene rings is 2. The third-order valence-electron chi connectivity index (χ3n) is 4.55. The first-order valence-corrected chi connectivity index (χ1v) is 9.21. The number of hydrazone groups is 1. The van der Waals surface area contributed by atoms with Crippen LogP contribution in [0.3, 0.4) is 0 Å². The van der Waals surface area contributed by atoms with Gasteiger partial charge >= 0.3 is 5.69 Å². The minimum absolute atomic E-state index is 0.0820. The Kier molecular flexibility index (Phi) is 5.72. The summed E-state index contributed by atoms with van der Waals surface area (Å²) in [5.74, 6) is 0. The monoisotopic (exact) mass is 411 g/mol. The third kappa shape index (κ3) is 4.57. The van der Waals surface area contributed by atoms with Gasteiger partial charge in [-0.2, -0.15) is 5.10 Å². The molecule has 0 aliphatic heterocycles. The minimum atomic E-state index is -0.678. The number of non-ortho nitro benzene ring substituents is 1. The Hall–Kier alpha value is -3.89. The molecule has 1 heterocycles. The zero-order valence-electron chi connectivity index (χ0n) is 16.8. The lowest BCUT2D eigenvalue weighted by atomic mass is 9.88. The van der Waals surface area contributed by atoms with Crippen LogP contribution in [0.5, 0.6) is 0 Å². The summed E-state index contributed by atoms with van der Waals surface area (Å²) in [6.45, 7) is 6.48. The van der Waals surface area contributed by atoms with Crippen LogP contribution in [-0.2, 0) is 6.54 Å². The number of nitro groups is 2. The van der Waals surface area contributed by atoms with Crippen molar-refractivity contribution in [1.82, 2.24) is 15.0 Å². The van der Waals surface area contributed by atoms with Crippen LogP contribution in [0.2, 0.25) is 0 Å². The number of hydrogen-bond donors (Lipinski definition) is 1. The van der Waals surface area contributed by atoms with Crippen molar-refractivity contribution in [1.29, 1.82) is 0 Å². The van der Waals surface area contributed by atoms with Crippen LogP contribution in [0.4, 0.5) is 17.1 Å². The van der Waals surface area contributed by atoms with Gasteiger partial charge in [0.2, 0.25) is 0 Å². The molecule has 156 valence electrons. The van der Waals surface area contributed by atoms with Crippen molar-refractivity contribution >= 4 is 33.8 Å². The predicted octanol–water partition coefficient (Wildman–Crippen LogP) is 4.15. The molecule has 11 nitrogen and oxygen atoms in total. The Morgan fingerprint density at radius 3 is 2.53 bits per heavy atom. The molecule has 0 amide bonds. The molecule has 0 aliphatic rings. The van der Waals surface area contributed by atoms with Crippen LogP contribution in [0, 0.1) is 25.6 Å². The van der Waals surface area contributed by atoms with Crippen molar-refractivity contribution in [2.45, 2.75) is 33.7 Å². The fourth-order valence-corrected chi connectivity index (χ4v) is 2.90. The first-order chi connectivity index (χ1) is 14.2. The van der Waals surface area contributed by atoms with Crippen molar-refractivity contribution in [3.05, 3.63) is 62.7 Å². The molecule has 11 heteroatoms. The Bertz CT molecular complexity index is 1130. The zero-order chi connectivity index (χ0) is 21.9. The van der Waals surface area contributed by atoms with Crippen LogP contribution in [-0.4, -0.2) is 30.6 Å². The van der Waals surface area contributed by atoms with Crippen LogP contribution < -0.4 is 5.43 Å². The molecule has 0 radical (unpaired) electrons. The maximum atomic E-state index is 11.3. The van der Waals surface area contributed by atoms with E-state index in [0.717, 1.165) is 22.8 Å². The molecule has 1 N–H and O–H groups in total. The van der Waals surface area contributed by atoms with Gasteiger partial charge in [0.15, 0.2) is 0 Å². The van der Waals surface area contributed by atoms with Gasteiger partial charge in [-0.15, -0.1) is 5.10 Å². The fraction of sp³-hybridized carbons (Fsp3) is 0.316. The Morgan fingerprint density at radius 1 is 1.13 bits per heavy atom. The molecule has 0 fully saturated rings.